The lowest BCUT2D eigenvalue weighted by Gasteiger charge is -2.30. The van der Waals surface area contributed by atoms with Gasteiger partial charge in [0.05, 0.1) is 0 Å². The molecule has 2 heteroatoms. The van der Waals surface area contributed by atoms with Crippen LogP contribution >= 0.6 is 0 Å². The van der Waals surface area contributed by atoms with Crippen molar-refractivity contribution < 1.29 is 4.79 Å². The fourth-order valence-corrected chi connectivity index (χ4v) is 2.24. The summed E-state index contributed by atoms with van der Waals surface area (Å²) in [6.45, 7) is 8.31. The predicted octanol–water partition coefficient (Wildman–Crippen LogP) is 1.99. The van der Waals surface area contributed by atoms with Crippen molar-refractivity contribution in [3.05, 3.63) is 0 Å². The van der Waals surface area contributed by atoms with Gasteiger partial charge in [-0.15, -0.1) is 0 Å². The monoisotopic (exact) mass is 183 g/mol. The van der Waals surface area contributed by atoms with Crippen LogP contribution < -0.4 is 5.32 Å². The largest absolute Gasteiger partial charge is 0.316 e. The Hall–Kier alpha value is -0.370. The molecule has 0 aromatic carbocycles. The molecule has 1 heterocycles. The standard InChI is InChI=1S/C11H21NO/c1-4-5-10(13)11(9(2)3)6-7-12-8-11/h9,12H,4-8H2,1-3H3. The second kappa shape index (κ2) is 4.23. The van der Waals surface area contributed by atoms with Crippen LogP contribution in [0.4, 0.5) is 0 Å². The number of Topliss-reactive ketones (excluding diaryl/α,β-unsaturated/α-hetero) is 1. The Labute approximate surface area is 81.1 Å². The number of rotatable bonds is 4. The van der Waals surface area contributed by atoms with E-state index in [9.17, 15) is 4.79 Å². The van der Waals surface area contributed by atoms with Gasteiger partial charge in [0.2, 0.25) is 0 Å². The zero-order valence-electron chi connectivity index (χ0n) is 9.02. The highest BCUT2D eigenvalue weighted by Crippen LogP contribution is 2.36. The number of hydrogen-bond acceptors (Lipinski definition) is 2. The molecule has 0 aromatic heterocycles. The van der Waals surface area contributed by atoms with Crippen molar-refractivity contribution in [1.82, 2.24) is 5.32 Å². The summed E-state index contributed by atoms with van der Waals surface area (Å²) >= 11 is 0. The van der Waals surface area contributed by atoms with E-state index in [1.165, 1.54) is 0 Å². The van der Waals surface area contributed by atoms with E-state index in [4.69, 9.17) is 0 Å². The summed E-state index contributed by atoms with van der Waals surface area (Å²) in [7, 11) is 0. The third-order valence-corrected chi connectivity index (χ3v) is 3.33. The number of ketones is 1. The van der Waals surface area contributed by atoms with Gasteiger partial charge in [-0.25, -0.2) is 0 Å². The van der Waals surface area contributed by atoms with Gasteiger partial charge in [0, 0.05) is 18.4 Å². The van der Waals surface area contributed by atoms with Gasteiger partial charge >= 0.3 is 0 Å². The molecule has 1 aliphatic rings. The summed E-state index contributed by atoms with van der Waals surface area (Å²) in [5.74, 6) is 0.941. The molecule has 0 bridgehead atoms. The van der Waals surface area contributed by atoms with E-state index >= 15 is 0 Å². The van der Waals surface area contributed by atoms with Crippen molar-refractivity contribution in [2.45, 2.75) is 40.0 Å². The smallest absolute Gasteiger partial charge is 0.140 e. The maximum atomic E-state index is 12.0. The zero-order chi connectivity index (χ0) is 9.90. The number of carbonyl (C=O) groups is 1. The lowest BCUT2D eigenvalue weighted by atomic mass is 9.72. The van der Waals surface area contributed by atoms with E-state index in [0.717, 1.165) is 32.4 Å². The maximum Gasteiger partial charge on any atom is 0.140 e. The van der Waals surface area contributed by atoms with Gasteiger partial charge in [0.25, 0.3) is 0 Å². The Balaban J connectivity index is 2.72. The molecule has 1 atom stereocenters. The molecule has 2 nitrogen and oxygen atoms in total. The first-order chi connectivity index (χ1) is 6.13. The van der Waals surface area contributed by atoms with E-state index in [0.29, 0.717) is 11.7 Å². The van der Waals surface area contributed by atoms with Gasteiger partial charge in [-0.3, -0.25) is 4.79 Å². The van der Waals surface area contributed by atoms with Crippen LogP contribution in [-0.4, -0.2) is 18.9 Å². The van der Waals surface area contributed by atoms with Crippen molar-refractivity contribution >= 4 is 5.78 Å². The highest BCUT2D eigenvalue weighted by molar-refractivity contribution is 5.85. The second-order valence-electron chi connectivity index (χ2n) is 4.41. The fraction of sp³-hybridized carbons (Fsp3) is 0.909. The second-order valence-corrected chi connectivity index (χ2v) is 4.41. The fourth-order valence-electron chi connectivity index (χ4n) is 2.24. The molecule has 1 fully saturated rings. The summed E-state index contributed by atoms with van der Waals surface area (Å²) in [4.78, 5) is 12.0. The number of hydrogen-bond donors (Lipinski definition) is 1. The molecule has 0 aromatic rings. The third kappa shape index (κ3) is 1.93. The Morgan fingerprint density at radius 3 is 2.62 bits per heavy atom. The van der Waals surface area contributed by atoms with Crippen molar-refractivity contribution in [1.29, 1.82) is 0 Å². The Morgan fingerprint density at radius 1 is 1.54 bits per heavy atom. The molecule has 13 heavy (non-hydrogen) atoms. The molecule has 0 aliphatic carbocycles. The van der Waals surface area contributed by atoms with Gasteiger partial charge in [-0.2, -0.15) is 0 Å². The Kier molecular flexibility index (Phi) is 3.48. The van der Waals surface area contributed by atoms with Crippen LogP contribution in [0.3, 0.4) is 0 Å². The number of carbonyl (C=O) groups excluding carboxylic acids is 1. The van der Waals surface area contributed by atoms with Gasteiger partial charge in [-0.1, -0.05) is 20.8 Å². The van der Waals surface area contributed by atoms with Crippen LogP contribution in [0.25, 0.3) is 0 Å². The summed E-state index contributed by atoms with van der Waals surface area (Å²) in [5.41, 5.74) is -0.0456. The van der Waals surface area contributed by atoms with Crippen LogP contribution in [0.2, 0.25) is 0 Å². The molecule has 1 N–H and O–H groups in total. The molecule has 0 radical (unpaired) electrons. The normalized spacial score (nSPS) is 28.3. The molecule has 76 valence electrons. The summed E-state index contributed by atoms with van der Waals surface area (Å²) < 4.78 is 0. The third-order valence-electron chi connectivity index (χ3n) is 3.33. The quantitative estimate of drug-likeness (QED) is 0.722. The molecule has 0 spiro atoms. The zero-order valence-corrected chi connectivity index (χ0v) is 9.02. The molecule has 1 aliphatic heterocycles. The summed E-state index contributed by atoms with van der Waals surface area (Å²) in [6.07, 6.45) is 2.76. The molecule has 1 rings (SSSR count). The lowest BCUT2D eigenvalue weighted by molar-refractivity contribution is -0.130. The molecule has 0 amide bonds. The molecular weight excluding hydrogens is 162 g/mol. The van der Waals surface area contributed by atoms with Crippen LogP contribution in [-0.2, 0) is 4.79 Å². The maximum absolute atomic E-state index is 12.0. The minimum absolute atomic E-state index is 0.0456. The van der Waals surface area contributed by atoms with Crippen LogP contribution in [0.15, 0.2) is 0 Å². The first-order valence-electron chi connectivity index (χ1n) is 5.37. The van der Waals surface area contributed by atoms with E-state index in [-0.39, 0.29) is 5.41 Å². The summed E-state index contributed by atoms with van der Waals surface area (Å²) in [6, 6.07) is 0. The van der Waals surface area contributed by atoms with Crippen molar-refractivity contribution in [3.8, 4) is 0 Å². The minimum Gasteiger partial charge on any atom is -0.316 e. The molecule has 0 saturated carbocycles. The van der Waals surface area contributed by atoms with E-state index < -0.39 is 0 Å². The number of nitrogens with one attached hydrogen (secondary N) is 1. The molecule has 1 saturated heterocycles. The van der Waals surface area contributed by atoms with Crippen molar-refractivity contribution in [3.63, 3.8) is 0 Å². The molecular formula is C11H21NO. The first kappa shape index (κ1) is 10.7. The van der Waals surface area contributed by atoms with Gasteiger partial charge < -0.3 is 5.32 Å². The van der Waals surface area contributed by atoms with E-state index in [1.54, 1.807) is 0 Å². The van der Waals surface area contributed by atoms with Crippen LogP contribution in [0.5, 0.6) is 0 Å². The predicted molar refractivity (Wildman–Crippen MR) is 54.7 cm³/mol. The summed E-state index contributed by atoms with van der Waals surface area (Å²) in [5, 5.41) is 3.31. The lowest BCUT2D eigenvalue weighted by Crippen LogP contribution is -2.38. The SMILES string of the molecule is CCCC(=O)C1(C(C)C)CCNC1. The van der Waals surface area contributed by atoms with Gasteiger partial charge in [0.15, 0.2) is 0 Å². The minimum atomic E-state index is -0.0456. The van der Waals surface area contributed by atoms with E-state index in [1.807, 2.05) is 0 Å². The highest BCUT2D eigenvalue weighted by atomic mass is 16.1. The first-order valence-corrected chi connectivity index (χ1v) is 5.37. The average molecular weight is 183 g/mol. The van der Waals surface area contributed by atoms with Crippen LogP contribution in [0.1, 0.15) is 40.0 Å². The van der Waals surface area contributed by atoms with Gasteiger partial charge in [-0.05, 0) is 25.3 Å². The van der Waals surface area contributed by atoms with Crippen molar-refractivity contribution in [2.24, 2.45) is 11.3 Å². The molecule has 1 unspecified atom stereocenters. The van der Waals surface area contributed by atoms with Gasteiger partial charge in [0.1, 0.15) is 5.78 Å². The van der Waals surface area contributed by atoms with Crippen molar-refractivity contribution in [2.75, 3.05) is 13.1 Å². The van der Waals surface area contributed by atoms with E-state index in [2.05, 4.69) is 26.1 Å². The average Bonchev–Trinajstić information content (AvgIpc) is 2.53. The highest BCUT2D eigenvalue weighted by Gasteiger charge is 2.42. The van der Waals surface area contributed by atoms with Crippen LogP contribution in [0, 0.1) is 11.3 Å². The topological polar surface area (TPSA) is 29.1 Å². The Morgan fingerprint density at radius 2 is 2.23 bits per heavy atom. The Bertz CT molecular complexity index is 181.